The largest absolute Gasteiger partial charge is 0.215 e. The monoisotopic (exact) mass is 163 g/mol. The smallest absolute Gasteiger partial charge is 0.204 e. The molecule has 0 aliphatic carbocycles. The summed E-state index contributed by atoms with van der Waals surface area (Å²) in [4.78, 5) is 0. The third-order valence-corrected chi connectivity index (χ3v) is 2.97. The first kappa shape index (κ1) is 8.01. The minimum Gasteiger partial charge on any atom is -0.215 e. The van der Waals surface area contributed by atoms with Gasteiger partial charge in [-0.1, -0.05) is 6.92 Å². The van der Waals surface area contributed by atoms with Gasteiger partial charge in [-0.25, -0.2) is 12.7 Å². The predicted molar refractivity (Wildman–Crippen MR) is 40.3 cm³/mol. The van der Waals surface area contributed by atoms with Crippen LogP contribution < -0.4 is 0 Å². The maximum absolute atomic E-state index is 10.5. The lowest BCUT2D eigenvalue weighted by atomic mass is 10.2. The third kappa shape index (κ3) is 1.49. The van der Waals surface area contributed by atoms with E-state index in [4.69, 9.17) is 0 Å². The van der Waals surface area contributed by atoms with Gasteiger partial charge in [0, 0.05) is 12.6 Å². The van der Waals surface area contributed by atoms with E-state index >= 15 is 0 Å². The van der Waals surface area contributed by atoms with Crippen molar-refractivity contribution in [2.24, 2.45) is 0 Å². The highest BCUT2D eigenvalue weighted by molar-refractivity contribution is 7.69. The van der Waals surface area contributed by atoms with E-state index in [1.165, 1.54) is 0 Å². The van der Waals surface area contributed by atoms with E-state index in [2.05, 4.69) is 0 Å². The van der Waals surface area contributed by atoms with E-state index in [0.717, 1.165) is 25.8 Å². The first-order valence-corrected chi connectivity index (χ1v) is 4.79. The zero-order chi connectivity index (χ0) is 7.56. The molecule has 0 saturated carbocycles. The first-order valence-electron chi connectivity index (χ1n) is 3.66. The highest BCUT2D eigenvalue weighted by atomic mass is 32.2. The summed E-state index contributed by atoms with van der Waals surface area (Å²) in [7, 11) is -2.31. The first-order chi connectivity index (χ1) is 4.75. The van der Waals surface area contributed by atoms with Crippen LogP contribution in [0.25, 0.3) is 0 Å². The second-order valence-electron chi connectivity index (χ2n) is 2.61. The van der Waals surface area contributed by atoms with Crippen molar-refractivity contribution in [1.82, 2.24) is 4.31 Å². The summed E-state index contributed by atoms with van der Waals surface area (Å²) in [5.74, 6) is 0. The molecule has 0 aromatic carbocycles. The molecule has 1 aliphatic heterocycles. The fourth-order valence-electron chi connectivity index (χ4n) is 1.45. The summed E-state index contributed by atoms with van der Waals surface area (Å²) in [6.07, 6.45) is 3.02. The molecular weight excluding hydrogens is 150 g/mol. The zero-order valence-electron chi connectivity index (χ0n) is 6.12. The molecular formula is C6H13NO2S. The van der Waals surface area contributed by atoms with Crippen molar-refractivity contribution in [3.63, 3.8) is 0 Å². The Kier molecular flexibility index (Phi) is 2.68. The standard InChI is InChI=1S/C6H13NO2S/c1-2-6-4-3-5-7(6)10(8)9/h6,10H,2-5H2,1H3. The molecule has 1 fully saturated rings. The summed E-state index contributed by atoms with van der Waals surface area (Å²) < 4.78 is 22.6. The Hall–Kier alpha value is -0.0900. The minimum atomic E-state index is -2.31. The zero-order valence-corrected chi connectivity index (χ0v) is 7.01. The molecule has 3 nitrogen and oxygen atoms in total. The van der Waals surface area contributed by atoms with Gasteiger partial charge >= 0.3 is 0 Å². The Morgan fingerprint density at radius 1 is 1.60 bits per heavy atom. The Labute approximate surface area is 63.1 Å². The summed E-state index contributed by atoms with van der Waals surface area (Å²) >= 11 is 0. The van der Waals surface area contributed by atoms with Crippen molar-refractivity contribution in [3.05, 3.63) is 0 Å². The van der Waals surface area contributed by atoms with Crippen LogP contribution in [0.3, 0.4) is 0 Å². The van der Waals surface area contributed by atoms with Gasteiger partial charge in [-0.15, -0.1) is 0 Å². The number of nitrogens with zero attached hydrogens (tertiary/aromatic N) is 1. The number of thiol groups is 1. The highest BCUT2D eigenvalue weighted by Crippen LogP contribution is 2.18. The van der Waals surface area contributed by atoms with Crippen LogP contribution in [0.2, 0.25) is 0 Å². The van der Waals surface area contributed by atoms with Crippen LogP contribution in [0.4, 0.5) is 0 Å². The second-order valence-corrected chi connectivity index (χ2v) is 3.59. The average Bonchev–Trinajstić information content (AvgIpc) is 2.33. The Morgan fingerprint density at radius 2 is 2.30 bits per heavy atom. The molecule has 0 amide bonds. The molecule has 0 spiro atoms. The van der Waals surface area contributed by atoms with Crippen molar-refractivity contribution < 1.29 is 8.42 Å². The van der Waals surface area contributed by atoms with E-state index in [1.54, 1.807) is 4.31 Å². The topological polar surface area (TPSA) is 37.4 Å². The van der Waals surface area contributed by atoms with E-state index in [9.17, 15) is 8.42 Å². The predicted octanol–water partition coefficient (Wildman–Crippen LogP) is 0.387. The fraction of sp³-hybridized carbons (Fsp3) is 1.00. The van der Waals surface area contributed by atoms with Gasteiger partial charge in [0.15, 0.2) is 0 Å². The van der Waals surface area contributed by atoms with Gasteiger partial charge in [0.2, 0.25) is 10.9 Å². The van der Waals surface area contributed by atoms with Crippen LogP contribution in [0.5, 0.6) is 0 Å². The maximum atomic E-state index is 10.5. The quantitative estimate of drug-likeness (QED) is 0.598. The van der Waals surface area contributed by atoms with Gasteiger partial charge in [0.1, 0.15) is 0 Å². The highest BCUT2D eigenvalue weighted by Gasteiger charge is 2.24. The van der Waals surface area contributed by atoms with Crippen molar-refractivity contribution in [3.8, 4) is 0 Å². The molecule has 0 radical (unpaired) electrons. The lowest BCUT2D eigenvalue weighted by Crippen LogP contribution is -2.26. The third-order valence-electron chi connectivity index (χ3n) is 2.03. The van der Waals surface area contributed by atoms with Gasteiger partial charge < -0.3 is 0 Å². The minimum absolute atomic E-state index is 0.293. The molecule has 1 heterocycles. The van der Waals surface area contributed by atoms with Crippen molar-refractivity contribution >= 4 is 10.9 Å². The second kappa shape index (κ2) is 3.34. The van der Waals surface area contributed by atoms with Gasteiger partial charge in [-0.05, 0) is 19.3 Å². The maximum Gasteiger partial charge on any atom is 0.204 e. The molecule has 10 heavy (non-hydrogen) atoms. The fourth-order valence-corrected chi connectivity index (χ4v) is 2.30. The number of hydrogen-bond donors (Lipinski definition) is 1. The summed E-state index contributed by atoms with van der Waals surface area (Å²) in [5.41, 5.74) is 0. The Morgan fingerprint density at radius 3 is 2.70 bits per heavy atom. The SMILES string of the molecule is CCC1CCCN1[SH](=O)=O. The number of rotatable bonds is 2. The van der Waals surface area contributed by atoms with Gasteiger partial charge in [-0.3, -0.25) is 0 Å². The van der Waals surface area contributed by atoms with Crippen molar-refractivity contribution in [1.29, 1.82) is 0 Å². The van der Waals surface area contributed by atoms with Crippen LogP contribution >= 0.6 is 0 Å². The van der Waals surface area contributed by atoms with Gasteiger partial charge in [-0.2, -0.15) is 0 Å². The molecule has 60 valence electrons. The van der Waals surface area contributed by atoms with Crippen LogP contribution in [0.15, 0.2) is 0 Å². The van der Waals surface area contributed by atoms with E-state index in [0.29, 0.717) is 6.04 Å². The summed E-state index contributed by atoms with van der Waals surface area (Å²) in [5, 5.41) is 0. The average molecular weight is 163 g/mol. The molecule has 0 bridgehead atoms. The van der Waals surface area contributed by atoms with Crippen molar-refractivity contribution in [2.75, 3.05) is 6.54 Å². The van der Waals surface area contributed by atoms with Gasteiger partial charge in [0.05, 0.1) is 0 Å². The molecule has 0 aromatic heterocycles. The van der Waals surface area contributed by atoms with Gasteiger partial charge in [0.25, 0.3) is 0 Å². The van der Waals surface area contributed by atoms with Crippen molar-refractivity contribution in [2.45, 2.75) is 32.2 Å². The molecule has 1 unspecified atom stereocenters. The molecule has 4 heteroatoms. The van der Waals surface area contributed by atoms with Crippen LogP contribution in [-0.4, -0.2) is 25.3 Å². The van der Waals surface area contributed by atoms with Crippen LogP contribution in [0, 0.1) is 0 Å². The van der Waals surface area contributed by atoms with E-state index in [-0.39, 0.29) is 0 Å². The molecule has 1 atom stereocenters. The number of hydrogen-bond acceptors (Lipinski definition) is 2. The van der Waals surface area contributed by atoms with Crippen LogP contribution in [-0.2, 0) is 10.9 Å². The van der Waals surface area contributed by atoms with E-state index < -0.39 is 10.9 Å². The normalized spacial score (nSPS) is 28.0. The van der Waals surface area contributed by atoms with Crippen LogP contribution in [0.1, 0.15) is 26.2 Å². The molecule has 0 aromatic rings. The molecule has 0 N–H and O–H groups in total. The summed E-state index contributed by atoms with van der Waals surface area (Å²) in [6, 6.07) is 0.293. The molecule has 1 rings (SSSR count). The lowest BCUT2D eigenvalue weighted by Gasteiger charge is -2.14. The summed E-state index contributed by atoms with van der Waals surface area (Å²) in [6.45, 7) is 2.76. The lowest BCUT2D eigenvalue weighted by molar-refractivity contribution is 0.392. The molecule has 1 aliphatic rings. The van der Waals surface area contributed by atoms with E-state index in [1.807, 2.05) is 6.92 Å². The Balaban J connectivity index is 2.58. The Bertz CT molecular complexity index is 171. The molecule has 1 saturated heterocycles.